The van der Waals surface area contributed by atoms with Crippen LogP contribution >= 0.6 is 15.9 Å². The fourth-order valence-corrected chi connectivity index (χ4v) is 10.8. The molecule has 37 heavy (non-hydrogen) atoms. The molecule has 0 spiro atoms. The van der Waals surface area contributed by atoms with E-state index in [1.165, 1.54) is 21.6 Å². The van der Waals surface area contributed by atoms with Gasteiger partial charge in [-0.05, 0) is 39.0 Å². The van der Waals surface area contributed by atoms with Gasteiger partial charge in [0.15, 0.2) is 0 Å². The van der Waals surface area contributed by atoms with Crippen molar-refractivity contribution in [3.05, 3.63) is 101 Å². The molecule has 0 aromatic heterocycles. The van der Waals surface area contributed by atoms with Crippen LogP contribution in [0, 0.1) is 17.2 Å². The van der Waals surface area contributed by atoms with Gasteiger partial charge in [0.25, 0.3) is 8.32 Å². The molecule has 1 aliphatic rings. The van der Waals surface area contributed by atoms with Crippen molar-refractivity contribution in [2.75, 3.05) is 24.6 Å². The molecule has 192 valence electrons. The summed E-state index contributed by atoms with van der Waals surface area (Å²) in [4.78, 5) is 2.46. The van der Waals surface area contributed by atoms with E-state index in [1.807, 2.05) is 6.08 Å². The lowest BCUT2D eigenvalue weighted by Gasteiger charge is -2.43. The lowest BCUT2D eigenvalue weighted by atomic mass is 9.84. The Bertz CT molecular complexity index is 1240. The number of anilines is 1. The van der Waals surface area contributed by atoms with Crippen molar-refractivity contribution >= 4 is 40.3 Å². The molecule has 0 amide bonds. The first-order valence-electron chi connectivity index (χ1n) is 13.0. The minimum Gasteiger partial charge on any atom is -0.407 e. The van der Waals surface area contributed by atoms with E-state index < -0.39 is 8.32 Å². The molecule has 1 unspecified atom stereocenters. The second-order valence-electron chi connectivity index (χ2n) is 11.5. The summed E-state index contributed by atoms with van der Waals surface area (Å²) < 4.78 is 8.28. The van der Waals surface area contributed by atoms with Crippen molar-refractivity contribution in [1.82, 2.24) is 0 Å². The number of fused-ring (bicyclic) bond motifs is 1. The Balaban J connectivity index is 1.62. The fourth-order valence-electron chi connectivity index (χ4n) is 5.80. The van der Waals surface area contributed by atoms with Gasteiger partial charge in [-0.25, -0.2) is 0 Å². The van der Waals surface area contributed by atoms with Crippen LogP contribution in [0.15, 0.2) is 95.5 Å². The molecule has 0 aliphatic carbocycles. The average molecular weight is 574 g/mol. The third-order valence-electron chi connectivity index (χ3n) is 7.49. The minimum absolute atomic E-state index is 0.0405. The molecule has 1 heterocycles. The van der Waals surface area contributed by atoms with Gasteiger partial charge in [-0.15, -0.1) is 0 Å². The number of hydrogen-bond acceptors (Lipinski definition) is 3. The summed E-state index contributed by atoms with van der Waals surface area (Å²) in [7, 11) is -2.57. The largest absolute Gasteiger partial charge is 0.407 e. The van der Waals surface area contributed by atoms with Crippen LogP contribution in [0.3, 0.4) is 0 Å². The van der Waals surface area contributed by atoms with Gasteiger partial charge >= 0.3 is 0 Å². The topological polar surface area (TPSA) is 36.3 Å². The molecular weight excluding hydrogens is 536 g/mol. The molecule has 0 radical (unpaired) electrons. The molecule has 0 fully saturated rings. The lowest BCUT2D eigenvalue weighted by Crippen LogP contribution is -2.67. The Morgan fingerprint density at radius 3 is 2.19 bits per heavy atom. The smallest absolute Gasteiger partial charge is 0.261 e. The predicted molar refractivity (Wildman–Crippen MR) is 161 cm³/mol. The number of nitrogens with zero attached hydrogens (tertiary/aromatic N) is 2. The third kappa shape index (κ3) is 5.48. The molecule has 0 N–H and O–H groups in total. The molecule has 4 rings (SSSR count). The third-order valence-corrected chi connectivity index (χ3v) is 13.0. The molecule has 0 bridgehead atoms. The SMILES string of the molecule is C[C@H](CO[Si](c1ccccc1)(c1ccccc1)C(C)(C)C)CN1CC(C)(/C=C/C#N)c2ccc(Br)cc21. The monoisotopic (exact) mass is 572 g/mol. The van der Waals surface area contributed by atoms with Crippen molar-refractivity contribution in [2.24, 2.45) is 5.92 Å². The zero-order valence-corrected chi connectivity index (χ0v) is 25.1. The number of benzene rings is 3. The van der Waals surface area contributed by atoms with E-state index in [-0.39, 0.29) is 10.5 Å². The number of halogens is 1. The zero-order chi connectivity index (χ0) is 26.7. The van der Waals surface area contributed by atoms with E-state index in [4.69, 9.17) is 4.43 Å². The maximum absolute atomic E-state index is 9.17. The molecule has 2 atom stereocenters. The van der Waals surface area contributed by atoms with Gasteiger partial charge in [-0.1, -0.05) is 123 Å². The second-order valence-corrected chi connectivity index (χ2v) is 16.7. The first kappa shape index (κ1) is 27.4. The van der Waals surface area contributed by atoms with Gasteiger partial charge in [0.05, 0.1) is 6.07 Å². The average Bonchev–Trinajstić information content (AvgIpc) is 3.14. The molecule has 1 aliphatic heterocycles. The molecule has 3 aromatic rings. The van der Waals surface area contributed by atoms with Crippen LogP contribution in [0.25, 0.3) is 0 Å². The number of hydrogen-bond donors (Lipinski definition) is 0. The van der Waals surface area contributed by atoms with Gasteiger partial charge in [0.2, 0.25) is 0 Å². The van der Waals surface area contributed by atoms with Crippen LogP contribution in [0.2, 0.25) is 5.04 Å². The molecule has 5 heteroatoms. The Kier molecular flexibility index (Phi) is 8.13. The lowest BCUT2D eigenvalue weighted by molar-refractivity contribution is 0.246. The summed E-state index contributed by atoms with van der Waals surface area (Å²) in [5.41, 5.74) is 2.31. The van der Waals surface area contributed by atoms with Crippen LogP contribution in [-0.2, 0) is 9.84 Å². The maximum Gasteiger partial charge on any atom is 0.261 e. The first-order chi connectivity index (χ1) is 17.6. The summed E-state index contributed by atoms with van der Waals surface area (Å²) in [5, 5.41) is 11.8. The minimum atomic E-state index is -2.57. The van der Waals surface area contributed by atoms with Crippen molar-refractivity contribution in [1.29, 1.82) is 5.26 Å². The predicted octanol–water partition coefficient (Wildman–Crippen LogP) is 6.82. The van der Waals surface area contributed by atoms with Gasteiger partial charge in [0.1, 0.15) is 0 Å². The van der Waals surface area contributed by atoms with Crippen molar-refractivity contribution in [2.45, 2.75) is 45.1 Å². The number of allylic oxidation sites excluding steroid dienone is 1. The van der Waals surface area contributed by atoms with E-state index in [9.17, 15) is 5.26 Å². The van der Waals surface area contributed by atoms with Crippen molar-refractivity contribution in [3.63, 3.8) is 0 Å². The highest BCUT2D eigenvalue weighted by molar-refractivity contribution is 9.10. The van der Waals surface area contributed by atoms with Crippen LogP contribution in [-0.4, -0.2) is 28.0 Å². The summed E-state index contributed by atoms with van der Waals surface area (Å²) in [5.74, 6) is 0.316. The second kappa shape index (κ2) is 11.0. The molecular formula is C32H37BrN2OSi. The highest BCUT2D eigenvalue weighted by Gasteiger charge is 2.50. The molecule has 0 saturated heterocycles. The van der Waals surface area contributed by atoms with Crippen LogP contribution in [0.1, 0.15) is 40.2 Å². The van der Waals surface area contributed by atoms with Crippen molar-refractivity contribution in [3.8, 4) is 6.07 Å². The highest BCUT2D eigenvalue weighted by Crippen LogP contribution is 2.43. The van der Waals surface area contributed by atoms with Crippen LogP contribution < -0.4 is 15.3 Å². The van der Waals surface area contributed by atoms with E-state index in [2.05, 4.69) is 140 Å². The maximum atomic E-state index is 9.17. The summed E-state index contributed by atoms with van der Waals surface area (Å²) in [6, 6.07) is 30.3. The Hall–Kier alpha value is -2.65. The molecule has 3 aromatic carbocycles. The number of nitriles is 1. The standard InChI is InChI=1S/C32H37BrN2OSi/c1-25(22-35-24-32(5,19-12-20-34)29-18-17-26(33)21-30(29)35)23-36-37(31(2,3)4,27-13-8-6-9-14-27)28-15-10-7-11-16-28/h6-19,21,25H,22-24H2,1-5H3/b19-12+/t25-,32?/m0/s1. The summed E-state index contributed by atoms with van der Waals surface area (Å²) in [6.45, 7) is 13.9. The number of rotatable bonds is 8. The Morgan fingerprint density at radius 1 is 1.05 bits per heavy atom. The van der Waals surface area contributed by atoms with Crippen molar-refractivity contribution < 1.29 is 4.43 Å². The summed E-state index contributed by atoms with van der Waals surface area (Å²) >= 11 is 3.66. The first-order valence-corrected chi connectivity index (χ1v) is 15.7. The van der Waals surface area contributed by atoms with Gasteiger partial charge < -0.3 is 9.33 Å². The van der Waals surface area contributed by atoms with E-state index >= 15 is 0 Å². The zero-order valence-electron chi connectivity index (χ0n) is 22.5. The highest BCUT2D eigenvalue weighted by atomic mass is 79.9. The Labute approximate surface area is 232 Å². The Morgan fingerprint density at radius 2 is 1.65 bits per heavy atom. The van der Waals surface area contributed by atoms with Gasteiger partial charge in [0, 0.05) is 41.3 Å². The van der Waals surface area contributed by atoms with Crippen LogP contribution in [0.5, 0.6) is 0 Å². The van der Waals surface area contributed by atoms with Gasteiger partial charge in [-0.2, -0.15) is 5.26 Å². The summed E-state index contributed by atoms with van der Waals surface area (Å²) in [6.07, 6.45) is 3.66. The van der Waals surface area contributed by atoms with E-state index in [0.29, 0.717) is 12.5 Å². The van der Waals surface area contributed by atoms with E-state index in [1.54, 1.807) is 6.08 Å². The van der Waals surface area contributed by atoms with Crippen LogP contribution in [0.4, 0.5) is 5.69 Å². The van der Waals surface area contributed by atoms with E-state index in [0.717, 1.165) is 17.6 Å². The normalized spacial score (nSPS) is 18.6. The quantitative estimate of drug-likeness (QED) is 0.219. The molecule has 0 saturated carbocycles. The fraction of sp³-hybridized carbons (Fsp3) is 0.344. The van der Waals surface area contributed by atoms with Gasteiger partial charge in [-0.3, -0.25) is 0 Å². The molecule has 3 nitrogen and oxygen atoms in total.